The Kier molecular flexibility index (Phi) is 5.96. The molecule has 142 valence electrons. The molecule has 0 fully saturated rings. The van der Waals surface area contributed by atoms with E-state index in [2.05, 4.69) is 10.2 Å². The molecule has 0 aliphatic carbocycles. The molecule has 1 heterocycles. The van der Waals surface area contributed by atoms with Crippen LogP contribution in [0.15, 0.2) is 53.7 Å². The van der Waals surface area contributed by atoms with Crippen molar-refractivity contribution < 1.29 is 17.9 Å². The lowest BCUT2D eigenvalue weighted by Gasteiger charge is -2.10. The molecule has 0 amide bonds. The van der Waals surface area contributed by atoms with E-state index in [0.717, 1.165) is 11.1 Å². The van der Waals surface area contributed by atoms with Crippen LogP contribution in [0.4, 0.5) is 13.2 Å². The van der Waals surface area contributed by atoms with Crippen LogP contribution < -0.4 is 4.74 Å². The number of hydrogen-bond acceptors (Lipinski definition) is 4. The number of aromatic nitrogens is 3. The van der Waals surface area contributed by atoms with Gasteiger partial charge >= 0.3 is 6.18 Å². The number of rotatable bonds is 6. The van der Waals surface area contributed by atoms with Gasteiger partial charge in [0.05, 0.1) is 0 Å². The van der Waals surface area contributed by atoms with Crippen LogP contribution in [-0.4, -0.2) is 27.5 Å². The molecule has 3 aromatic rings. The topological polar surface area (TPSA) is 39.9 Å². The van der Waals surface area contributed by atoms with Crippen molar-refractivity contribution in [3.05, 3.63) is 59.1 Å². The Balaban J connectivity index is 1.66. The van der Waals surface area contributed by atoms with Gasteiger partial charge in [0, 0.05) is 23.4 Å². The molecule has 1 aromatic heterocycles. The second-order valence-electron chi connectivity index (χ2n) is 5.71. The zero-order chi connectivity index (χ0) is 19.4. The lowest BCUT2D eigenvalue weighted by atomic mass is 10.2. The fraction of sp³-hybridized carbons (Fsp3) is 0.222. The maximum absolute atomic E-state index is 12.3. The van der Waals surface area contributed by atoms with Gasteiger partial charge < -0.3 is 9.30 Å². The van der Waals surface area contributed by atoms with Crippen LogP contribution in [0, 0.1) is 0 Å². The van der Waals surface area contributed by atoms with E-state index in [9.17, 15) is 13.2 Å². The minimum absolute atomic E-state index is 0.185. The molecule has 0 aliphatic heterocycles. The average Bonchev–Trinajstić information content (AvgIpc) is 2.99. The number of halogens is 4. The van der Waals surface area contributed by atoms with E-state index in [1.807, 2.05) is 29.8 Å². The van der Waals surface area contributed by atoms with Crippen molar-refractivity contribution in [3.63, 3.8) is 0 Å². The van der Waals surface area contributed by atoms with Gasteiger partial charge in [-0.2, -0.15) is 13.2 Å². The molecule has 2 aromatic carbocycles. The van der Waals surface area contributed by atoms with Gasteiger partial charge in [-0.15, -0.1) is 10.2 Å². The first-order valence-corrected chi connectivity index (χ1v) is 9.25. The first kappa shape index (κ1) is 19.6. The van der Waals surface area contributed by atoms with Crippen molar-refractivity contribution in [1.29, 1.82) is 0 Å². The third-order valence-corrected chi connectivity index (χ3v) is 4.95. The second-order valence-corrected chi connectivity index (χ2v) is 7.09. The van der Waals surface area contributed by atoms with Crippen molar-refractivity contribution in [2.45, 2.75) is 17.1 Å². The Morgan fingerprint density at radius 3 is 2.56 bits per heavy atom. The third kappa shape index (κ3) is 5.40. The second kappa shape index (κ2) is 8.22. The summed E-state index contributed by atoms with van der Waals surface area (Å²) in [5, 5.41) is 9.72. The van der Waals surface area contributed by atoms with Crippen molar-refractivity contribution in [1.82, 2.24) is 14.8 Å². The van der Waals surface area contributed by atoms with E-state index in [1.165, 1.54) is 17.8 Å². The number of alkyl halides is 3. The quantitative estimate of drug-likeness (QED) is 0.509. The van der Waals surface area contributed by atoms with E-state index in [-0.39, 0.29) is 5.75 Å². The molecule has 9 heteroatoms. The highest BCUT2D eigenvalue weighted by Gasteiger charge is 2.28. The zero-order valence-electron chi connectivity index (χ0n) is 14.2. The molecule has 0 saturated carbocycles. The first-order chi connectivity index (χ1) is 12.8. The lowest BCUT2D eigenvalue weighted by molar-refractivity contribution is -0.153. The lowest BCUT2D eigenvalue weighted by Crippen LogP contribution is -2.19. The summed E-state index contributed by atoms with van der Waals surface area (Å²) in [5.74, 6) is 1.41. The van der Waals surface area contributed by atoms with Gasteiger partial charge in [-0.25, -0.2) is 0 Å². The summed E-state index contributed by atoms with van der Waals surface area (Å²) in [7, 11) is 1.86. The van der Waals surface area contributed by atoms with E-state index in [4.69, 9.17) is 16.3 Å². The summed E-state index contributed by atoms with van der Waals surface area (Å²) in [6.45, 7) is -1.31. The van der Waals surface area contributed by atoms with Crippen molar-refractivity contribution in [2.24, 2.45) is 7.05 Å². The van der Waals surface area contributed by atoms with Crippen LogP contribution >= 0.6 is 23.4 Å². The maximum Gasteiger partial charge on any atom is 0.422 e. The van der Waals surface area contributed by atoms with Gasteiger partial charge in [-0.05, 0) is 42.0 Å². The number of benzene rings is 2. The van der Waals surface area contributed by atoms with Crippen molar-refractivity contribution in [3.8, 4) is 17.1 Å². The van der Waals surface area contributed by atoms with Gasteiger partial charge in [-0.1, -0.05) is 35.5 Å². The Morgan fingerprint density at radius 2 is 1.85 bits per heavy atom. The number of thioether (sulfide) groups is 1. The van der Waals surface area contributed by atoms with Gasteiger partial charge in [0.15, 0.2) is 17.6 Å². The largest absolute Gasteiger partial charge is 0.484 e. The first-order valence-electron chi connectivity index (χ1n) is 7.88. The molecule has 0 atom stereocenters. The Morgan fingerprint density at radius 1 is 1.11 bits per heavy atom. The van der Waals surface area contributed by atoms with Crippen LogP contribution in [0.2, 0.25) is 5.02 Å². The number of hydrogen-bond donors (Lipinski definition) is 0. The van der Waals surface area contributed by atoms with E-state index >= 15 is 0 Å². The van der Waals surface area contributed by atoms with Crippen molar-refractivity contribution in [2.75, 3.05) is 6.61 Å². The standard InChI is InChI=1S/C18H15ClF3N3OS/c1-25-16(13-5-7-14(19)8-6-13)23-24-17(25)27-10-12-3-2-4-15(9-12)26-11-18(20,21)22/h2-9H,10-11H2,1H3. The predicted octanol–water partition coefficient (Wildman–Crippen LogP) is 5.37. The zero-order valence-corrected chi connectivity index (χ0v) is 15.8. The van der Waals surface area contributed by atoms with Crippen LogP contribution in [-0.2, 0) is 12.8 Å². The fourth-order valence-electron chi connectivity index (χ4n) is 2.33. The molecule has 3 rings (SSSR count). The number of ether oxygens (including phenoxy) is 1. The highest BCUT2D eigenvalue weighted by atomic mass is 35.5. The fourth-order valence-corrected chi connectivity index (χ4v) is 3.31. The summed E-state index contributed by atoms with van der Waals surface area (Å²) < 4.78 is 43.4. The minimum Gasteiger partial charge on any atom is -0.484 e. The predicted molar refractivity (Wildman–Crippen MR) is 99.0 cm³/mol. The van der Waals surface area contributed by atoms with Gasteiger partial charge in [0.25, 0.3) is 0 Å². The molecule has 0 unspecified atom stereocenters. The van der Waals surface area contributed by atoms with Gasteiger partial charge in [0.1, 0.15) is 5.75 Å². The molecule has 27 heavy (non-hydrogen) atoms. The molecule has 0 aliphatic rings. The van der Waals surface area contributed by atoms with Crippen LogP contribution in [0.5, 0.6) is 5.75 Å². The van der Waals surface area contributed by atoms with Gasteiger partial charge in [-0.3, -0.25) is 0 Å². The van der Waals surface area contributed by atoms with E-state index in [1.54, 1.807) is 24.3 Å². The Bertz CT molecular complexity index is 913. The monoisotopic (exact) mass is 413 g/mol. The molecule has 4 nitrogen and oxygen atoms in total. The summed E-state index contributed by atoms with van der Waals surface area (Å²) in [6.07, 6.45) is -4.36. The Labute approximate surface area is 163 Å². The number of nitrogens with zero attached hydrogens (tertiary/aromatic N) is 3. The SMILES string of the molecule is Cn1c(SCc2cccc(OCC(F)(F)F)c2)nnc1-c1ccc(Cl)cc1. The van der Waals surface area contributed by atoms with E-state index < -0.39 is 12.8 Å². The molecule has 0 spiro atoms. The molecule has 0 saturated heterocycles. The van der Waals surface area contributed by atoms with Crippen LogP contribution in [0.1, 0.15) is 5.56 Å². The smallest absolute Gasteiger partial charge is 0.422 e. The molecule has 0 N–H and O–H groups in total. The molecular weight excluding hydrogens is 399 g/mol. The van der Waals surface area contributed by atoms with Gasteiger partial charge in [0.2, 0.25) is 0 Å². The van der Waals surface area contributed by atoms with E-state index in [0.29, 0.717) is 21.8 Å². The average molecular weight is 414 g/mol. The van der Waals surface area contributed by atoms with Crippen LogP contribution in [0.25, 0.3) is 11.4 Å². The summed E-state index contributed by atoms with van der Waals surface area (Å²) in [5.41, 5.74) is 1.72. The summed E-state index contributed by atoms with van der Waals surface area (Å²) >= 11 is 7.34. The third-order valence-electron chi connectivity index (χ3n) is 3.61. The summed E-state index contributed by atoms with van der Waals surface area (Å²) in [6, 6.07) is 13.9. The Hall–Kier alpha value is -2.19. The normalized spacial score (nSPS) is 11.6. The highest BCUT2D eigenvalue weighted by Crippen LogP contribution is 2.27. The van der Waals surface area contributed by atoms with Crippen molar-refractivity contribution >= 4 is 23.4 Å². The molecule has 0 radical (unpaired) electrons. The maximum atomic E-state index is 12.3. The van der Waals surface area contributed by atoms with Crippen LogP contribution in [0.3, 0.4) is 0 Å². The summed E-state index contributed by atoms with van der Waals surface area (Å²) in [4.78, 5) is 0. The highest BCUT2D eigenvalue weighted by molar-refractivity contribution is 7.98. The molecular formula is C18H15ClF3N3OS. The molecule has 0 bridgehead atoms. The minimum atomic E-state index is -4.36.